The molecular weight excluding hydrogens is 414 g/mol. The van der Waals surface area contributed by atoms with Crippen LogP contribution < -0.4 is 10.1 Å². The van der Waals surface area contributed by atoms with E-state index >= 15 is 0 Å². The Morgan fingerprint density at radius 3 is 2.47 bits per heavy atom. The second-order valence-electron chi connectivity index (χ2n) is 8.24. The van der Waals surface area contributed by atoms with Gasteiger partial charge in [-0.2, -0.15) is 0 Å². The zero-order valence-electron chi connectivity index (χ0n) is 18.7. The predicted octanol–water partition coefficient (Wildman–Crippen LogP) is 1.67. The minimum Gasteiger partial charge on any atom is -0.484 e. The van der Waals surface area contributed by atoms with Crippen molar-refractivity contribution < 1.29 is 28.7 Å². The smallest absolute Gasteiger partial charge is 0.309 e. The molecule has 1 aromatic rings. The SMILES string of the molecule is CCOC(=O)C1CCN(C(=O)CN(C)C(=O)COc2cccc(NC(=O)C3CC3)c2)CC1. The standard InChI is InChI=1S/C23H31N3O6/c1-3-31-23(30)17-9-11-26(12-10-17)20(27)14-25(2)21(28)15-32-19-6-4-5-18(13-19)24-22(29)16-7-8-16/h4-6,13,16-17H,3,7-12,14-15H2,1-2H3,(H,24,29). The molecule has 32 heavy (non-hydrogen) atoms. The second kappa shape index (κ2) is 11.0. The molecule has 0 spiro atoms. The lowest BCUT2D eigenvalue weighted by Crippen LogP contribution is -2.46. The fourth-order valence-electron chi connectivity index (χ4n) is 3.52. The Kier molecular flexibility index (Phi) is 8.08. The molecule has 2 fully saturated rings. The average molecular weight is 446 g/mol. The quantitative estimate of drug-likeness (QED) is 0.580. The molecule has 1 aliphatic carbocycles. The van der Waals surface area contributed by atoms with Gasteiger partial charge in [0.25, 0.3) is 5.91 Å². The van der Waals surface area contributed by atoms with Crippen molar-refractivity contribution in [1.29, 1.82) is 0 Å². The van der Waals surface area contributed by atoms with Crippen LogP contribution in [0.15, 0.2) is 24.3 Å². The molecule has 2 aliphatic rings. The third kappa shape index (κ3) is 6.70. The first kappa shape index (κ1) is 23.6. The highest BCUT2D eigenvalue weighted by Gasteiger charge is 2.30. The number of anilines is 1. The number of carbonyl (C=O) groups is 4. The Balaban J connectivity index is 1.40. The molecule has 1 N–H and O–H groups in total. The number of likely N-dealkylation sites (tertiary alicyclic amines) is 1. The monoisotopic (exact) mass is 445 g/mol. The van der Waals surface area contributed by atoms with Gasteiger partial charge in [0.15, 0.2) is 6.61 Å². The third-order valence-corrected chi connectivity index (χ3v) is 5.68. The van der Waals surface area contributed by atoms with Crippen molar-refractivity contribution in [3.8, 4) is 5.75 Å². The maximum absolute atomic E-state index is 12.5. The molecule has 0 radical (unpaired) electrons. The first-order chi connectivity index (χ1) is 15.4. The minimum absolute atomic E-state index is 0.00256. The number of hydrogen-bond donors (Lipinski definition) is 1. The lowest BCUT2D eigenvalue weighted by molar-refractivity contribution is -0.151. The summed E-state index contributed by atoms with van der Waals surface area (Å²) in [5, 5.41) is 2.84. The fourth-order valence-corrected chi connectivity index (χ4v) is 3.52. The Labute approximate surface area is 188 Å². The summed E-state index contributed by atoms with van der Waals surface area (Å²) < 4.78 is 10.6. The summed E-state index contributed by atoms with van der Waals surface area (Å²) in [7, 11) is 1.56. The van der Waals surface area contributed by atoms with E-state index in [0.29, 0.717) is 44.0 Å². The van der Waals surface area contributed by atoms with Crippen molar-refractivity contribution in [2.45, 2.75) is 32.6 Å². The van der Waals surface area contributed by atoms with Crippen LogP contribution in [-0.2, 0) is 23.9 Å². The average Bonchev–Trinajstić information content (AvgIpc) is 3.63. The molecule has 1 heterocycles. The number of carbonyl (C=O) groups excluding carboxylic acids is 4. The number of esters is 1. The zero-order chi connectivity index (χ0) is 23.1. The second-order valence-corrected chi connectivity index (χ2v) is 8.24. The van der Waals surface area contributed by atoms with Gasteiger partial charge in [-0.1, -0.05) is 6.07 Å². The van der Waals surface area contributed by atoms with Crippen LogP contribution in [0, 0.1) is 11.8 Å². The summed E-state index contributed by atoms with van der Waals surface area (Å²) in [6, 6.07) is 6.89. The van der Waals surface area contributed by atoms with Crippen molar-refractivity contribution in [1.82, 2.24) is 9.80 Å². The van der Waals surface area contributed by atoms with E-state index in [1.807, 2.05) is 0 Å². The first-order valence-electron chi connectivity index (χ1n) is 11.1. The van der Waals surface area contributed by atoms with Crippen LogP contribution >= 0.6 is 0 Å². The maximum atomic E-state index is 12.5. The van der Waals surface area contributed by atoms with Gasteiger partial charge in [-0.15, -0.1) is 0 Å². The highest BCUT2D eigenvalue weighted by molar-refractivity contribution is 5.94. The van der Waals surface area contributed by atoms with E-state index in [2.05, 4.69) is 5.32 Å². The van der Waals surface area contributed by atoms with E-state index in [0.717, 1.165) is 12.8 Å². The minimum atomic E-state index is -0.327. The first-order valence-corrected chi connectivity index (χ1v) is 11.1. The highest BCUT2D eigenvalue weighted by Crippen LogP contribution is 2.30. The number of likely N-dealkylation sites (N-methyl/N-ethyl adjacent to an activating group) is 1. The van der Waals surface area contributed by atoms with Gasteiger partial charge in [0.1, 0.15) is 5.75 Å². The van der Waals surface area contributed by atoms with E-state index in [1.165, 1.54) is 4.90 Å². The number of nitrogens with one attached hydrogen (secondary N) is 1. The van der Waals surface area contributed by atoms with Crippen molar-refractivity contribution in [2.75, 3.05) is 45.2 Å². The lowest BCUT2D eigenvalue weighted by atomic mass is 9.97. The summed E-state index contributed by atoms with van der Waals surface area (Å²) in [4.78, 5) is 51.7. The number of nitrogens with zero attached hydrogens (tertiary/aromatic N) is 2. The van der Waals surface area contributed by atoms with E-state index in [1.54, 1.807) is 43.1 Å². The molecule has 1 saturated heterocycles. The van der Waals surface area contributed by atoms with Gasteiger partial charge in [0.05, 0.1) is 19.1 Å². The molecule has 174 valence electrons. The Bertz CT molecular complexity index is 846. The summed E-state index contributed by atoms with van der Waals surface area (Å²) in [6.45, 7) is 2.81. The number of hydrogen-bond acceptors (Lipinski definition) is 6. The maximum Gasteiger partial charge on any atom is 0.309 e. The number of rotatable bonds is 9. The number of amides is 3. The fraction of sp³-hybridized carbons (Fsp3) is 0.565. The van der Waals surface area contributed by atoms with Gasteiger partial charge in [0.2, 0.25) is 11.8 Å². The van der Waals surface area contributed by atoms with Crippen LogP contribution in [0.3, 0.4) is 0 Å². The molecule has 1 saturated carbocycles. The van der Waals surface area contributed by atoms with Crippen LogP contribution in [-0.4, -0.2) is 73.4 Å². The molecule has 0 aromatic heterocycles. The Hall–Kier alpha value is -3.10. The van der Waals surface area contributed by atoms with Crippen LogP contribution in [0.4, 0.5) is 5.69 Å². The molecule has 3 amide bonds. The van der Waals surface area contributed by atoms with Gasteiger partial charge in [-0.3, -0.25) is 19.2 Å². The van der Waals surface area contributed by atoms with Crippen molar-refractivity contribution in [2.24, 2.45) is 11.8 Å². The van der Waals surface area contributed by atoms with Gasteiger partial charge in [-0.25, -0.2) is 0 Å². The number of ether oxygens (including phenoxy) is 2. The summed E-state index contributed by atoms with van der Waals surface area (Å²) >= 11 is 0. The van der Waals surface area contributed by atoms with Crippen LogP contribution in [0.1, 0.15) is 32.6 Å². The molecule has 0 bridgehead atoms. The summed E-state index contributed by atoms with van der Waals surface area (Å²) in [5.74, 6) is -0.296. The van der Waals surface area contributed by atoms with Crippen molar-refractivity contribution >= 4 is 29.4 Å². The molecule has 9 heteroatoms. The van der Waals surface area contributed by atoms with E-state index < -0.39 is 0 Å². The number of benzene rings is 1. The Morgan fingerprint density at radius 2 is 1.81 bits per heavy atom. The van der Waals surface area contributed by atoms with Crippen molar-refractivity contribution in [3.05, 3.63) is 24.3 Å². The van der Waals surface area contributed by atoms with E-state index in [9.17, 15) is 19.2 Å². The summed E-state index contributed by atoms with van der Waals surface area (Å²) in [6.07, 6.45) is 2.98. The highest BCUT2D eigenvalue weighted by atomic mass is 16.5. The zero-order valence-corrected chi connectivity index (χ0v) is 18.7. The predicted molar refractivity (Wildman–Crippen MR) is 117 cm³/mol. The largest absolute Gasteiger partial charge is 0.484 e. The van der Waals surface area contributed by atoms with Gasteiger partial charge in [0, 0.05) is 37.8 Å². The van der Waals surface area contributed by atoms with Crippen molar-refractivity contribution in [3.63, 3.8) is 0 Å². The molecule has 3 rings (SSSR count). The number of piperidine rings is 1. The molecule has 1 aliphatic heterocycles. The molecule has 9 nitrogen and oxygen atoms in total. The third-order valence-electron chi connectivity index (χ3n) is 5.68. The van der Waals surface area contributed by atoms with E-state index in [4.69, 9.17) is 9.47 Å². The molecular formula is C23H31N3O6. The molecule has 0 atom stereocenters. The van der Waals surface area contributed by atoms with Crippen LogP contribution in [0.25, 0.3) is 0 Å². The Morgan fingerprint density at radius 1 is 1.09 bits per heavy atom. The van der Waals surface area contributed by atoms with Gasteiger partial charge < -0.3 is 24.6 Å². The molecule has 1 aromatic carbocycles. The molecule has 0 unspecified atom stereocenters. The van der Waals surface area contributed by atoms with Crippen LogP contribution in [0.5, 0.6) is 5.75 Å². The lowest BCUT2D eigenvalue weighted by Gasteiger charge is -2.32. The summed E-state index contributed by atoms with van der Waals surface area (Å²) in [5.41, 5.74) is 0.626. The van der Waals surface area contributed by atoms with Crippen LogP contribution in [0.2, 0.25) is 0 Å². The van der Waals surface area contributed by atoms with E-state index in [-0.39, 0.29) is 48.7 Å². The normalized spacial score (nSPS) is 16.2. The topological polar surface area (TPSA) is 105 Å². The van der Waals surface area contributed by atoms with Gasteiger partial charge in [-0.05, 0) is 44.7 Å². The van der Waals surface area contributed by atoms with Gasteiger partial charge >= 0.3 is 5.97 Å².